The van der Waals surface area contributed by atoms with Crippen LogP contribution in [0.25, 0.3) is 0 Å². The summed E-state index contributed by atoms with van der Waals surface area (Å²) in [6.45, 7) is 3.96. The standard InChI is InChI=1S/C7H9O.W.Y/c1-4-7(5-8)6(2)3;;/h1,4,6H,2-3H3;;/q-1;;/b7-4+;;. The first-order chi connectivity index (χ1) is 4.22. The molecule has 0 aromatic carbocycles. The maximum absolute atomic E-state index is 10.1. The molecule has 0 heterocycles. The van der Waals surface area contributed by atoms with Gasteiger partial charge in [-0.15, -0.1) is 0 Å². The number of rotatable bonds is 3. The zero-order valence-electron chi connectivity index (χ0n) is 6.13. The molecule has 0 N–H and O–H groups in total. The molecule has 0 aromatic heterocycles. The van der Waals surface area contributed by atoms with E-state index in [1.807, 2.05) is 30.6 Å². The van der Waals surface area contributed by atoms with Crippen LogP contribution in [0.5, 0.6) is 0 Å². The fourth-order valence-corrected chi connectivity index (χ4v) is 0.944. The molecule has 0 amide bonds. The van der Waals surface area contributed by atoms with Gasteiger partial charge in [-0.2, -0.15) is 0 Å². The molecule has 0 bridgehead atoms. The SMILES string of the molecule is CC(C)/C([C-]=O)=C/[CH]=[W].[Y]. The average molecular weight is 382 g/mol. The first-order valence-electron chi connectivity index (χ1n) is 2.76. The Balaban J connectivity index is 0. The summed E-state index contributed by atoms with van der Waals surface area (Å²) in [5.74, 6) is 0.304. The molecule has 53 valence electrons. The third-order valence-electron chi connectivity index (χ3n) is 0.987. The van der Waals surface area contributed by atoms with E-state index in [0.717, 1.165) is 5.57 Å². The predicted molar refractivity (Wildman–Crippen MR) is 34.7 cm³/mol. The second-order valence-corrected chi connectivity index (χ2v) is 2.99. The van der Waals surface area contributed by atoms with Crippen molar-refractivity contribution in [1.29, 1.82) is 0 Å². The molecule has 0 aliphatic carbocycles. The van der Waals surface area contributed by atoms with E-state index in [0.29, 0.717) is 5.92 Å². The second-order valence-electron chi connectivity index (χ2n) is 2.01. The van der Waals surface area contributed by atoms with Gasteiger partial charge in [0.25, 0.3) is 0 Å². The summed E-state index contributed by atoms with van der Waals surface area (Å²) in [5, 5.41) is 0. The van der Waals surface area contributed by atoms with Gasteiger partial charge in [-0.1, -0.05) is 0 Å². The normalized spacial score (nSPS) is 10.5. The van der Waals surface area contributed by atoms with E-state index in [4.69, 9.17) is 0 Å². The fraction of sp³-hybridized carbons (Fsp3) is 0.429. The van der Waals surface area contributed by atoms with Crippen molar-refractivity contribution in [3.63, 3.8) is 0 Å². The number of hydrogen-bond acceptors (Lipinski definition) is 1. The van der Waals surface area contributed by atoms with Crippen LogP contribution >= 0.6 is 0 Å². The van der Waals surface area contributed by atoms with Crippen molar-refractivity contribution in [3.8, 4) is 0 Å². The van der Waals surface area contributed by atoms with Crippen LogP contribution in [0.3, 0.4) is 0 Å². The van der Waals surface area contributed by atoms with Crippen LogP contribution in [-0.4, -0.2) is 10.7 Å². The second kappa shape index (κ2) is 8.17. The molecule has 0 saturated heterocycles. The summed E-state index contributed by atoms with van der Waals surface area (Å²) in [5.41, 5.74) is 0.755. The van der Waals surface area contributed by atoms with Crippen molar-refractivity contribution in [2.75, 3.05) is 0 Å². The van der Waals surface area contributed by atoms with Crippen LogP contribution in [0.15, 0.2) is 11.6 Å². The van der Waals surface area contributed by atoms with Crippen LogP contribution in [0, 0.1) is 5.92 Å². The van der Waals surface area contributed by atoms with Gasteiger partial charge in [0.2, 0.25) is 0 Å². The molecule has 0 aromatic rings. The minimum absolute atomic E-state index is 0. The first kappa shape index (κ1) is 13.6. The van der Waals surface area contributed by atoms with Gasteiger partial charge in [0.05, 0.1) is 0 Å². The average Bonchev–Trinajstić information content (AvgIpc) is 1.82. The Bertz CT molecular complexity index is 141. The molecule has 1 nitrogen and oxygen atoms in total. The third-order valence-corrected chi connectivity index (χ3v) is 1.48. The fourth-order valence-electron chi connectivity index (χ4n) is 0.418. The molecule has 0 spiro atoms. The molecule has 0 aliphatic rings. The van der Waals surface area contributed by atoms with E-state index < -0.39 is 0 Å². The Morgan fingerprint density at radius 2 is 2.10 bits per heavy atom. The predicted octanol–water partition coefficient (Wildman–Crippen LogP) is 1.02. The van der Waals surface area contributed by atoms with E-state index >= 15 is 0 Å². The monoisotopic (exact) mass is 382 g/mol. The number of carbonyl (C=O) groups excluding carboxylic acids is 1. The summed E-state index contributed by atoms with van der Waals surface area (Å²) in [4.78, 5) is 10.1. The van der Waals surface area contributed by atoms with Gasteiger partial charge in [-0.3, -0.25) is 0 Å². The van der Waals surface area contributed by atoms with Gasteiger partial charge >= 0.3 is 66.2 Å². The van der Waals surface area contributed by atoms with E-state index in [9.17, 15) is 4.79 Å². The summed E-state index contributed by atoms with van der Waals surface area (Å²) < 4.78 is 1.93. The van der Waals surface area contributed by atoms with E-state index in [1.165, 1.54) is 19.4 Å². The van der Waals surface area contributed by atoms with Gasteiger partial charge < -0.3 is 0 Å². The van der Waals surface area contributed by atoms with Crippen molar-refractivity contribution in [2.24, 2.45) is 5.92 Å². The minimum Gasteiger partial charge on any atom is 0 e. The van der Waals surface area contributed by atoms with Crippen molar-refractivity contribution in [3.05, 3.63) is 11.6 Å². The van der Waals surface area contributed by atoms with Crippen LogP contribution in [0.2, 0.25) is 0 Å². The molecule has 10 heavy (non-hydrogen) atoms. The molecule has 0 unspecified atom stereocenters. The first-order valence-corrected chi connectivity index (χ1v) is 4.45. The Morgan fingerprint density at radius 3 is 2.20 bits per heavy atom. The zero-order valence-corrected chi connectivity index (χ0v) is 11.9. The van der Waals surface area contributed by atoms with E-state index in [1.54, 1.807) is 0 Å². The van der Waals surface area contributed by atoms with Crippen molar-refractivity contribution >= 4 is 10.7 Å². The largest absolute Gasteiger partial charge is 0 e. The molecule has 0 fully saturated rings. The molecule has 0 saturated carbocycles. The van der Waals surface area contributed by atoms with Crippen LogP contribution in [0.4, 0.5) is 0 Å². The van der Waals surface area contributed by atoms with Gasteiger partial charge in [0.1, 0.15) is 0 Å². The maximum atomic E-state index is 10.1. The quantitative estimate of drug-likeness (QED) is 0.527. The molecular formula is C7H9OWY-. The van der Waals surface area contributed by atoms with E-state index in [-0.39, 0.29) is 32.7 Å². The number of hydrogen-bond donors (Lipinski definition) is 0. The zero-order chi connectivity index (χ0) is 7.28. The van der Waals surface area contributed by atoms with Crippen molar-refractivity contribution in [2.45, 2.75) is 13.8 Å². The summed E-state index contributed by atoms with van der Waals surface area (Å²) >= 11 is 1.36. The van der Waals surface area contributed by atoms with Gasteiger partial charge in [0, 0.05) is 32.7 Å². The summed E-state index contributed by atoms with van der Waals surface area (Å²) in [6, 6.07) is 0. The third kappa shape index (κ3) is 5.83. The molecule has 1 radical (unpaired) electrons. The summed E-state index contributed by atoms with van der Waals surface area (Å²) in [6.07, 6.45) is 3.72. The molecule has 3 heteroatoms. The molecule has 0 atom stereocenters. The topological polar surface area (TPSA) is 17.1 Å². The molecule has 0 aliphatic heterocycles. The Hall–Kier alpha value is 1.07. The van der Waals surface area contributed by atoms with Gasteiger partial charge in [-0.25, -0.2) is 0 Å². The Morgan fingerprint density at radius 1 is 1.60 bits per heavy atom. The van der Waals surface area contributed by atoms with Crippen LogP contribution in [-0.2, 0) is 56.9 Å². The maximum Gasteiger partial charge on any atom is 0 e. The van der Waals surface area contributed by atoms with Gasteiger partial charge in [-0.05, 0) is 0 Å². The smallest absolute Gasteiger partial charge is 0 e. The number of allylic oxidation sites excluding steroid dienone is 2. The summed E-state index contributed by atoms with van der Waals surface area (Å²) in [7, 11) is 0. The van der Waals surface area contributed by atoms with E-state index in [2.05, 4.69) is 0 Å². The van der Waals surface area contributed by atoms with Crippen molar-refractivity contribution in [1.82, 2.24) is 0 Å². The Kier molecular flexibility index (Phi) is 11.2. The van der Waals surface area contributed by atoms with Crippen LogP contribution in [0.1, 0.15) is 13.8 Å². The minimum atomic E-state index is 0. The van der Waals surface area contributed by atoms with Crippen molar-refractivity contribution < 1.29 is 56.9 Å². The van der Waals surface area contributed by atoms with Crippen LogP contribution < -0.4 is 0 Å². The molecule has 0 rings (SSSR count). The van der Waals surface area contributed by atoms with Gasteiger partial charge in [0.15, 0.2) is 0 Å². The molecular weight excluding hydrogens is 373 g/mol. The Labute approximate surface area is 97.9 Å².